The monoisotopic (exact) mass is 578 g/mol. The van der Waals surface area contributed by atoms with Gasteiger partial charge < -0.3 is 21.3 Å². The highest BCUT2D eigenvalue weighted by Gasteiger charge is 2.32. The first-order chi connectivity index (χ1) is 20.0. The van der Waals surface area contributed by atoms with Crippen LogP contribution >= 0.6 is 0 Å². The van der Waals surface area contributed by atoms with Gasteiger partial charge in [-0.1, -0.05) is 6.07 Å². The van der Waals surface area contributed by atoms with Crippen molar-refractivity contribution in [3.8, 4) is 5.69 Å². The summed E-state index contributed by atoms with van der Waals surface area (Å²) < 4.78 is 1.50. The molecule has 0 spiro atoms. The molecule has 1 aromatic heterocycles. The summed E-state index contributed by atoms with van der Waals surface area (Å²) in [5.41, 5.74) is 13.9. The number of urea groups is 1. The first-order valence-electron chi connectivity index (χ1n) is 15.3. The topological polar surface area (TPSA) is 143 Å². The lowest BCUT2D eigenvalue weighted by atomic mass is 9.90. The third-order valence-corrected chi connectivity index (χ3v) is 8.87. The van der Waals surface area contributed by atoms with Gasteiger partial charge in [0.25, 0.3) is 0 Å². The summed E-state index contributed by atoms with van der Waals surface area (Å²) in [6, 6.07) is 8.33. The second-order valence-corrected chi connectivity index (χ2v) is 12.9. The number of hydrogen-bond donors (Lipinski definition) is 3. The van der Waals surface area contributed by atoms with Crippen LogP contribution in [-0.4, -0.2) is 86.5 Å². The molecule has 2 saturated carbocycles. The molecule has 11 heteroatoms. The van der Waals surface area contributed by atoms with Gasteiger partial charge in [0.1, 0.15) is 5.82 Å². The van der Waals surface area contributed by atoms with Gasteiger partial charge in [-0.15, -0.1) is 0 Å². The summed E-state index contributed by atoms with van der Waals surface area (Å²) in [4.78, 5) is 48.2. The van der Waals surface area contributed by atoms with E-state index >= 15 is 0 Å². The predicted octanol–water partition coefficient (Wildman–Crippen LogP) is 2.44. The number of nitrogens with one attached hydrogen (secondary N) is 1. The number of amides is 3. The molecular weight excluding hydrogens is 532 g/mol. The number of hydrogen-bond acceptors (Lipinski definition) is 7. The fourth-order valence-electron chi connectivity index (χ4n) is 6.05. The van der Waals surface area contributed by atoms with E-state index in [1.165, 1.54) is 23.0 Å². The Morgan fingerprint density at radius 1 is 1.02 bits per heavy atom. The Morgan fingerprint density at radius 3 is 2.29 bits per heavy atom. The number of carbonyl (C=O) groups is 2. The fraction of sp³-hybridized carbons (Fsp3) is 0.613. The van der Waals surface area contributed by atoms with E-state index in [4.69, 9.17) is 11.5 Å². The lowest BCUT2D eigenvalue weighted by Crippen LogP contribution is -2.58. The van der Waals surface area contributed by atoms with E-state index in [-0.39, 0.29) is 17.8 Å². The molecule has 5 rings (SSSR count). The first-order valence-corrected chi connectivity index (χ1v) is 15.3. The SMILES string of the molecule is Cc1cc(-n2ccc(NC(=O)N3CCN(C(=O)C(C)(C)N)CC3)nc2=O)ccc1CN(CC1CC1)[C@H]1CC[C@H](N)CC1. The number of piperazine rings is 1. The maximum absolute atomic E-state index is 13.0. The molecule has 2 aromatic rings. The van der Waals surface area contributed by atoms with E-state index in [1.807, 2.05) is 12.1 Å². The number of benzene rings is 1. The first kappa shape index (κ1) is 30.2. The van der Waals surface area contributed by atoms with Crippen LogP contribution in [0, 0.1) is 12.8 Å². The average molecular weight is 579 g/mol. The number of aromatic nitrogens is 2. The summed E-state index contributed by atoms with van der Waals surface area (Å²) in [5, 5.41) is 2.72. The average Bonchev–Trinajstić information content (AvgIpc) is 3.77. The second-order valence-electron chi connectivity index (χ2n) is 12.9. The van der Waals surface area contributed by atoms with Crippen LogP contribution < -0.4 is 22.5 Å². The number of aryl methyl sites for hydroxylation is 1. The van der Waals surface area contributed by atoms with Crippen LogP contribution in [0.2, 0.25) is 0 Å². The Kier molecular flexibility index (Phi) is 9.00. The molecule has 1 aliphatic heterocycles. The van der Waals surface area contributed by atoms with Gasteiger partial charge in [-0.2, -0.15) is 4.98 Å². The van der Waals surface area contributed by atoms with E-state index in [2.05, 4.69) is 28.2 Å². The van der Waals surface area contributed by atoms with Gasteiger partial charge in [-0.25, -0.2) is 9.59 Å². The van der Waals surface area contributed by atoms with E-state index in [0.717, 1.165) is 55.9 Å². The molecule has 3 aliphatic rings. The molecule has 0 unspecified atom stereocenters. The molecular formula is C31H46N8O3. The quantitative estimate of drug-likeness (QED) is 0.437. The van der Waals surface area contributed by atoms with Gasteiger partial charge in [-0.05, 0) is 94.5 Å². The van der Waals surface area contributed by atoms with E-state index in [9.17, 15) is 14.4 Å². The Morgan fingerprint density at radius 2 is 1.69 bits per heavy atom. The highest BCUT2D eigenvalue weighted by Crippen LogP contribution is 2.33. The highest BCUT2D eigenvalue weighted by molar-refractivity contribution is 5.89. The lowest BCUT2D eigenvalue weighted by molar-refractivity contribution is -0.137. The van der Waals surface area contributed by atoms with Crippen molar-refractivity contribution in [1.29, 1.82) is 0 Å². The minimum absolute atomic E-state index is 0.138. The number of rotatable bonds is 8. The fourth-order valence-corrected chi connectivity index (χ4v) is 6.05. The minimum Gasteiger partial charge on any atom is -0.338 e. The highest BCUT2D eigenvalue weighted by atomic mass is 16.2. The molecule has 0 atom stereocenters. The third-order valence-electron chi connectivity index (χ3n) is 8.87. The molecule has 3 amide bonds. The molecule has 5 N–H and O–H groups in total. The summed E-state index contributed by atoms with van der Waals surface area (Å²) in [6.07, 6.45) is 8.83. The van der Waals surface area contributed by atoms with Gasteiger partial charge in [0, 0.05) is 57.5 Å². The lowest BCUT2D eigenvalue weighted by Gasteiger charge is -2.37. The molecule has 3 fully saturated rings. The summed E-state index contributed by atoms with van der Waals surface area (Å²) in [6.45, 7) is 9.08. The molecule has 228 valence electrons. The van der Waals surface area contributed by atoms with Crippen LogP contribution in [0.3, 0.4) is 0 Å². The number of nitrogens with zero attached hydrogens (tertiary/aromatic N) is 5. The minimum atomic E-state index is -0.947. The summed E-state index contributed by atoms with van der Waals surface area (Å²) >= 11 is 0. The Bertz CT molecular complexity index is 1330. The Labute approximate surface area is 248 Å². The van der Waals surface area contributed by atoms with Crippen molar-refractivity contribution in [3.05, 3.63) is 52.1 Å². The van der Waals surface area contributed by atoms with Gasteiger partial charge in [-0.3, -0.25) is 19.6 Å². The van der Waals surface area contributed by atoms with Crippen molar-refractivity contribution in [1.82, 2.24) is 24.3 Å². The molecule has 2 aliphatic carbocycles. The second kappa shape index (κ2) is 12.5. The molecule has 2 heterocycles. The van der Waals surface area contributed by atoms with Crippen molar-refractivity contribution in [2.45, 2.75) is 83.5 Å². The molecule has 42 heavy (non-hydrogen) atoms. The third kappa shape index (κ3) is 7.37. The zero-order valence-electron chi connectivity index (χ0n) is 25.2. The molecule has 0 bridgehead atoms. The van der Waals surface area contributed by atoms with Crippen molar-refractivity contribution in [2.24, 2.45) is 17.4 Å². The molecule has 1 saturated heterocycles. The van der Waals surface area contributed by atoms with Crippen molar-refractivity contribution < 1.29 is 9.59 Å². The zero-order chi connectivity index (χ0) is 30.0. The van der Waals surface area contributed by atoms with Crippen molar-refractivity contribution >= 4 is 17.8 Å². The van der Waals surface area contributed by atoms with Gasteiger partial charge >= 0.3 is 11.7 Å². The van der Waals surface area contributed by atoms with E-state index in [1.54, 1.807) is 35.9 Å². The van der Waals surface area contributed by atoms with E-state index in [0.29, 0.717) is 38.3 Å². The van der Waals surface area contributed by atoms with Gasteiger partial charge in [0.2, 0.25) is 5.91 Å². The van der Waals surface area contributed by atoms with E-state index < -0.39 is 11.2 Å². The van der Waals surface area contributed by atoms with Crippen LogP contribution in [0.15, 0.2) is 35.3 Å². The van der Waals surface area contributed by atoms with Gasteiger partial charge in [0.15, 0.2) is 0 Å². The standard InChI is InChI=1S/C31H46N8O3/c1-21-18-26(9-6-23(21)20-38(19-22-4-5-22)25-10-7-24(32)8-11-25)39-13-12-27(35-30(39)42)34-29(41)37-16-14-36(15-17-37)28(40)31(2,3)33/h6,9,12-13,18,22,24-25H,4-5,7-8,10-11,14-17,19-20,32-33H2,1-3H3,(H,34,35,41,42)/t24-,25-. The maximum Gasteiger partial charge on any atom is 0.354 e. The van der Waals surface area contributed by atoms with Crippen LogP contribution in [0.4, 0.5) is 10.6 Å². The van der Waals surface area contributed by atoms with Crippen LogP contribution in [-0.2, 0) is 11.3 Å². The molecule has 11 nitrogen and oxygen atoms in total. The maximum atomic E-state index is 13.0. The smallest absolute Gasteiger partial charge is 0.338 e. The normalized spacial score (nSPS) is 21.5. The van der Waals surface area contributed by atoms with Crippen LogP contribution in [0.25, 0.3) is 5.69 Å². The number of carbonyl (C=O) groups excluding carboxylic acids is 2. The van der Waals surface area contributed by atoms with Gasteiger partial charge in [0.05, 0.1) is 11.2 Å². The predicted molar refractivity (Wildman–Crippen MR) is 163 cm³/mol. The van der Waals surface area contributed by atoms with Crippen molar-refractivity contribution in [3.63, 3.8) is 0 Å². The summed E-state index contributed by atoms with van der Waals surface area (Å²) in [5.74, 6) is 0.876. The summed E-state index contributed by atoms with van der Waals surface area (Å²) in [7, 11) is 0. The number of nitrogens with two attached hydrogens (primary N) is 2. The van der Waals surface area contributed by atoms with Crippen LogP contribution in [0.1, 0.15) is 63.5 Å². The Hall–Kier alpha value is -3.28. The number of anilines is 1. The molecule has 1 aromatic carbocycles. The zero-order valence-corrected chi connectivity index (χ0v) is 25.2. The molecule has 0 radical (unpaired) electrons. The largest absolute Gasteiger partial charge is 0.354 e. The van der Waals surface area contributed by atoms with Crippen molar-refractivity contribution in [2.75, 3.05) is 38.0 Å². The van der Waals surface area contributed by atoms with Crippen LogP contribution in [0.5, 0.6) is 0 Å². The Balaban J connectivity index is 1.20.